The fourth-order valence-corrected chi connectivity index (χ4v) is 4.52. The summed E-state index contributed by atoms with van der Waals surface area (Å²) in [5, 5.41) is 27.9. The Hall–Kier alpha value is -0.420. The van der Waals surface area contributed by atoms with Crippen LogP contribution in [0.2, 0.25) is 0 Å². The molecule has 0 spiro atoms. The summed E-state index contributed by atoms with van der Waals surface area (Å²) in [7, 11) is 0. The van der Waals surface area contributed by atoms with Crippen LogP contribution in [0.25, 0.3) is 0 Å². The highest BCUT2D eigenvalue weighted by atomic mass is 16.3. The second-order valence-corrected chi connectivity index (χ2v) is 9.43. The van der Waals surface area contributed by atoms with Crippen LogP contribution < -0.4 is 0 Å². The van der Waals surface area contributed by atoms with Gasteiger partial charge in [-0.05, 0) is 25.3 Å². The van der Waals surface area contributed by atoms with Gasteiger partial charge in [-0.25, -0.2) is 0 Å². The molecule has 0 aliphatic heterocycles. The van der Waals surface area contributed by atoms with Crippen molar-refractivity contribution in [2.24, 2.45) is 0 Å². The van der Waals surface area contributed by atoms with Gasteiger partial charge in [-0.3, -0.25) is 0 Å². The molecule has 0 aliphatic rings. The monoisotopic (exact) mass is 442 g/mol. The Bertz CT molecular complexity index is 367. The Kier molecular flexibility index (Phi) is 23.9. The van der Waals surface area contributed by atoms with E-state index in [9.17, 15) is 10.2 Å². The molecule has 0 rings (SSSR count). The summed E-state index contributed by atoms with van der Waals surface area (Å²) in [5.74, 6) is 0. The fraction of sp³-hybridized carbons (Fsp3) is 0.926. The third kappa shape index (κ3) is 20.0. The Balaban J connectivity index is 3.69. The number of nitrogens with zero attached hydrogens (tertiary/aromatic N) is 1. The first-order valence-electron chi connectivity index (χ1n) is 13.6. The van der Waals surface area contributed by atoms with E-state index < -0.39 is 0 Å². The molecule has 186 valence electrons. The Morgan fingerprint density at radius 1 is 0.484 bits per heavy atom. The molecule has 0 heterocycles. The summed E-state index contributed by atoms with van der Waals surface area (Å²) >= 11 is 0. The number of aliphatic hydroxyl groups is 3. The predicted molar refractivity (Wildman–Crippen MR) is 134 cm³/mol. The molecule has 0 aromatic heterocycles. The molecule has 0 amide bonds. The second kappa shape index (κ2) is 24.2. The van der Waals surface area contributed by atoms with Crippen LogP contribution in [-0.2, 0) is 0 Å². The molecule has 0 unspecified atom stereocenters. The van der Waals surface area contributed by atoms with Crippen LogP contribution in [0.1, 0.15) is 116 Å². The van der Waals surface area contributed by atoms with Crippen molar-refractivity contribution in [3.05, 3.63) is 12.2 Å². The van der Waals surface area contributed by atoms with Crippen molar-refractivity contribution in [2.75, 3.05) is 46.0 Å². The van der Waals surface area contributed by atoms with Crippen molar-refractivity contribution in [3.63, 3.8) is 0 Å². The van der Waals surface area contributed by atoms with Crippen LogP contribution in [-0.4, -0.2) is 65.8 Å². The maximum absolute atomic E-state index is 9.50. The van der Waals surface area contributed by atoms with Crippen molar-refractivity contribution >= 4 is 0 Å². The normalized spacial score (nSPS) is 12.3. The topological polar surface area (TPSA) is 60.7 Å². The van der Waals surface area contributed by atoms with Gasteiger partial charge in [0.1, 0.15) is 13.1 Å². The van der Waals surface area contributed by atoms with Crippen LogP contribution in [0.4, 0.5) is 0 Å². The Morgan fingerprint density at radius 3 is 1.29 bits per heavy atom. The smallest absolute Gasteiger partial charge is 0.102 e. The highest BCUT2D eigenvalue weighted by Gasteiger charge is 2.24. The molecular formula is C27H56NO3+. The molecule has 0 radical (unpaired) electrons. The molecule has 0 aliphatic carbocycles. The van der Waals surface area contributed by atoms with Gasteiger partial charge in [-0.2, -0.15) is 0 Å². The third-order valence-corrected chi connectivity index (χ3v) is 6.59. The van der Waals surface area contributed by atoms with E-state index in [1.807, 2.05) is 6.08 Å². The van der Waals surface area contributed by atoms with Crippen LogP contribution in [0.15, 0.2) is 12.2 Å². The van der Waals surface area contributed by atoms with Crippen LogP contribution in [0, 0.1) is 0 Å². The van der Waals surface area contributed by atoms with Crippen LogP contribution in [0.3, 0.4) is 0 Å². The van der Waals surface area contributed by atoms with E-state index in [4.69, 9.17) is 5.11 Å². The molecule has 31 heavy (non-hydrogen) atoms. The SMILES string of the molecule is CCCCCCCCCCCCCCCCCC[N+](CC=CCCO)(CCO)CCO. The summed E-state index contributed by atoms with van der Waals surface area (Å²) in [4.78, 5) is 0. The van der Waals surface area contributed by atoms with E-state index in [0.29, 0.717) is 19.5 Å². The average Bonchev–Trinajstić information content (AvgIpc) is 2.77. The van der Waals surface area contributed by atoms with Crippen molar-refractivity contribution in [1.29, 1.82) is 0 Å². The zero-order valence-corrected chi connectivity index (χ0v) is 20.9. The third-order valence-electron chi connectivity index (χ3n) is 6.59. The molecule has 0 aromatic carbocycles. The number of rotatable bonds is 25. The lowest BCUT2D eigenvalue weighted by Gasteiger charge is -2.37. The molecule has 0 atom stereocenters. The van der Waals surface area contributed by atoms with Gasteiger partial charge < -0.3 is 19.8 Å². The number of unbranched alkanes of at least 4 members (excludes halogenated alkanes) is 15. The highest BCUT2D eigenvalue weighted by molar-refractivity contribution is 4.81. The van der Waals surface area contributed by atoms with Gasteiger partial charge >= 0.3 is 0 Å². The lowest BCUT2D eigenvalue weighted by atomic mass is 10.0. The zero-order valence-electron chi connectivity index (χ0n) is 20.9. The molecular weight excluding hydrogens is 386 g/mol. The molecule has 3 N–H and O–H groups in total. The van der Waals surface area contributed by atoms with Crippen molar-refractivity contribution in [3.8, 4) is 0 Å². The van der Waals surface area contributed by atoms with Gasteiger partial charge in [0.25, 0.3) is 0 Å². The van der Waals surface area contributed by atoms with Crippen molar-refractivity contribution in [2.45, 2.75) is 116 Å². The highest BCUT2D eigenvalue weighted by Crippen LogP contribution is 2.15. The van der Waals surface area contributed by atoms with Gasteiger partial charge in [0.05, 0.1) is 26.3 Å². The minimum absolute atomic E-state index is 0.159. The van der Waals surface area contributed by atoms with E-state index in [1.165, 1.54) is 96.3 Å². The van der Waals surface area contributed by atoms with E-state index in [1.54, 1.807) is 0 Å². The predicted octanol–water partition coefficient (Wildman–Crippen LogP) is 5.99. The van der Waals surface area contributed by atoms with Crippen molar-refractivity contribution in [1.82, 2.24) is 0 Å². The summed E-state index contributed by atoms with van der Waals surface area (Å²) in [6.07, 6.45) is 26.8. The first-order chi connectivity index (χ1) is 15.2. The molecule has 4 heteroatoms. The number of quaternary nitrogens is 1. The zero-order chi connectivity index (χ0) is 22.9. The first kappa shape index (κ1) is 30.6. The quantitative estimate of drug-likeness (QED) is 0.0924. The Labute approximate surface area is 194 Å². The summed E-state index contributed by atoms with van der Waals surface area (Å²) in [5.41, 5.74) is 0. The number of aliphatic hydroxyl groups excluding tert-OH is 3. The van der Waals surface area contributed by atoms with E-state index in [2.05, 4.69) is 13.0 Å². The average molecular weight is 443 g/mol. The Morgan fingerprint density at radius 2 is 0.903 bits per heavy atom. The summed E-state index contributed by atoms with van der Waals surface area (Å²) < 4.78 is 0.757. The molecule has 0 bridgehead atoms. The van der Waals surface area contributed by atoms with Crippen molar-refractivity contribution < 1.29 is 19.8 Å². The maximum Gasteiger partial charge on any atom is 0.102 e. The largest absolute Gasteiger partial charge is 0.396 e. The standard InChI is InChI=1S/C27H56NO3/c1-2-3-4-5-6-7-8-9-10-11-12-13-14-15-16-18-21-28(23-26-30,24-27-31)22-19-17-20-25-29/h17,19,29-31H,2-16,18,20-27H2,1H3/q+1. The lowest BCUT2D eigenvalue weighted by molar-refractivity contribution is -0.923. The maximum atomic E-state index is 9.50. The first-order valence-corrected chi connectivity index (χ1v) is 13.6. The van der Waals surface area contributed by atoms with Crippen LogP contribution in [0.5, 0.6) is 0 Å². The van der Waals surface area contributed by atoms with E-state index >= 15 is 0 Å². The molecule has 0 saturated carbocycles. The molecule has 0 fully saturated rings. The molecule has 4 nitrogen and oxygen atoms in total. The molecule has 0 aromatic rings. The number of hydrogen-bond donors (Lipinski definition) is 3. The summed E-state index contributed by atoms with van der Waals surface area (Å²) in [6, 6.07) is 0. The fourth-order valence-electron chi connectivity index (χ4n) is 4.52. The number of hydrogen-bond acceptors (Lipinski definition) is 3. The van der Waals surface area contributed by atoms with Gasteiger partial charge in [0, 0.05) is 6.61 Å². The van der Waals surface area contributed by atoms with Gasteiger partial charge in [-0.15, -0.1) is 0 Å². The minimum Gasteiger partial charge on any atom is -0.396 e. The molecule has 0 saturated heterocycles. The van der Waals surface area contributed by atoms with E-state index in [-0.39, 0.29) is 19.8 Å². The van der Waals surface area contributed by atoms with E-state index in [0.717, 1.165) is 24.0 Å². The second-order valence-electron chi connectivity index (χ2n) is 9.43. The van der Waals surface area contributed by atoms with Gasteiger partial charge in [0.2, 0.25) is 0 Å². The minimum atomic E-state index is 0.159. The summed E-state index contributed by atoms with van der Waals surface area (Å²) in [6.45, 7) is 6.02. The lowest BCUT2D eigenvalue weighted by Crippen LogP contribution is -2.52. The van der Waals surface area contributed by atoms with Gasteiger partial charge in [-0.1, -0.05) is 103 Å². The van der Waals surface area contributed by atoms with Crippen LogP contribution >= 0.6 is 0 Å². The van der Waals surface area contributed by atoms with Gasteiger partial charge in [0.15, 0.2) is 0 Å².